The van der Waals surface area contributed by atoms with Gasteiger partial charge < -0.3 is 10.6 Å². The molecule has 1 unspecified atom stereocenters. The molecule has 1 atom stereocenters. The molecular formula is C23H22F2N2O2. The van der Waals surface area contributed by atoms with Gasteiger partial charge in [-0.15, -0.1) is 0 Å². The van der Waals surface area contributed by atoms with Crippen LogP contribution in [0.2, 0.25) is 0 Å². The molecular weight excluding hydrogens is 374 g/mol. The lowest BCUT2D eigenvalue weighted by molar-refractivity contribution is -0.121. The SMILES string of the molecule is CC(NC(=O)CCCNC(=O)c1ccc(F)cc1F)c1cccc2ccccc12. The van der Waals surface area contributed by atoms with Crippen LogP contribution < -0.4 is 10.6 Å². The van der Waals surface area contributed by atoms with E-state index in [4.69, 9.17) is 0 Å². The topological polar surface area (TPSA) is 58.2 Å². The van der Waals surface area contributed by atoms with Gasteiger partial charge >= 0.3 is 0 Å². The summed E-state index contributed by atoms with van der Waals surface area (Å²) in [5.41, 5.74) is 0.817. The van der Waals surface area contributed by atoms with Crippen LogP contribution in [0.15, 0.2) is 60.7 Å². The molecule has 0 saturated carbocycles. The molecule has 2 amide bonds. The maximum absolute atomic E-state index is 13.6. The van der Waals surface area contributed by atoms with Crippen molar-refractivity contribution in [3.63, 3.8) is 0 Å². The third-order valence-corrected chi connectivity index (χ3v) is 4.71. The number of carbonyl (C=O) groups excluding carboxylic acids is 2. The maximum atomic E-state index is 13.6. The van der Waals surface area contributed by atoms with Gasteiger partial charge in [-0.2, -0.15) is 0 Å². The Morgan fingerprint density at radius 3 is 2.55 bits per heavy atom. The van der Waals surface area contributed by atoms with E-state index in [1.54, 1.807) is 0 Å². The zero-order valence-corrected chi connectivity index (χ0v) is 16.0. The molecule has 0 spiro atoms. The normalized spacial score (nSPS) is 11.8. The first-order valence-electron chi connectivity index (χ1n) is 9.46. The van der Waals surface area contributed by atoms with Gasteiger partial charge in [0, 0.05) is 19.0 Å². The molecule has 0 radical (unpaired) electrons. The zero-order chi connectivity index (χ0) is 20.8. The number of halogens is 2. The van der Waals surface area contributed by atoms with Crippen molar-refractivity contribution in [3.05, 3.63) is 83.4 Å². The molecule has 4 nitrogen and oxygen atoms in total. The molecule has 3 aromatic carbocycles. The Labute approximate surface area is 167 Å². The van der Waals surface area contributed by atoms with Crippen LogP contribution in [0.4, 0.5) is 8.78 Å². The lowest BCUT2D eigenvalue weighted by atomic mass is 9.99. The minimum Gasteiger partial charge on any atom is -0.352 e. The predicted molar refractivity (Wildman–Crippen MR) is 108 cm³/mol. The highest BCUT2D eigenvalue weighted by Gasteiger charge is 2.14. The number of amides is 2. The summed E-state index contributed by atoms with van der Waals surface area (Å²) in [4.78, 5) is 24.2. The Balaban J connectivity index is 1.48. The Bertz CT molecular complexity index is 1030. The van der Waals surface area contributed by atoms with E-state index < -0.39 is 17.5 Å². The van der Waals surface area contributed by atoms with E-state index in [1.807, 2.05) is 49.4 Å². The van der Waals surface area contributed by atoms with Gasteiger partial charge in [0.15, 0.2) is 0 Å². The molecule has 0 bridgehead atoms. The molecule has 150 valence electrons. The van der Waals surface area contributed by atoms with Gasteiger partial charge in [0.05, 0.1) is 11.6 Å². The average molecular weight is 396 g/mol. The van der Waals surface area contributed by atoms with Crippen molar-refractivity contribution in [2.75, 3.05) is 6.54 Å². The van der Waals surface area contributed by atoms with Crippen molar-refractivity contribution in [1.82, 2.24) is 10.6 Å². The fourth-order valence-corrected chi connectivity index (χ4v) is 3.24. The standard InChI is InChI=1S/C23H22F2N2O2/c1-15(18-9-4-7-16-6-2-3-8-19(16)18)27-22(28)10-5-13-26-23(29)20-12-11-17(24)14-21(20)25/h2-4,6-9,11-12,14-15H,5,10,13H2,1H3,(H,26,29)(H,27,28). The quantitative estimate of drug-likeness (QED) is 0.578. The van der Waals surface area contributed by atoms with Crippen LogP contribution in [-0.2, 0) is 4.79 Å². The fraction of sp³-hybridized carbons (Fsp3) is 0.217. The van der Waals surface area contributed by atoms with Crippen LogP contribution in [0.1, 0.15) is 41.7 Å². The van der Waals surface area contributed by atoms with Crippen LogP contribution in [0, 0.1) is 11.6 Å². The first kappa shape index (κ1) is 20.5. The van der Waals surface area contributed by atoms with E-state index in [9.17, 15) is 18.4 Å². The summed E-state index contributed by atoms with van der Waals surface area (Å²) in [5, 5.41) is 7.72. The van der Waals surface area contributed by atoms with Gasteiger partial charge in [0.2, 0.25) is 5.91 Å². The van der Waals surface area contributed by atoms with Crippen LogP contribution in [0.3, 0.4) is 0 Å². The molecule has 0 aliphatic rings. The second-order valence-corrected chi connectivity index (χ2v) is 6.84. The number of hydrogen-bond acceptors (Lipinski definition) is 2. The van der Waals surface area contributed by atoms with Gasteiger partial charge in [-0.05, 0) is 41.8 Å². The highest BCUT2D eigenvalue weighted by Crippen LogP contribution is 2.24. The summed E-state index contributed by atoms with van der Waals surface area (Å²) in [7, 11) is 0. The minimum atomic E-state index is -0.913. The molecule has 0 saturated heterocycles. The lowest BCUT2D eigenvalue weighted by Gasteiger charge is -2.16. The lowest BCUT2D eigenvalue weighted by Crippen LogP contribution is -2.29. The Kier molecular flexibility index (Phi) is 6.54. The Morgan fingerprint density at radius 2 is 1.76 bits per heavy atom. The van der Waals surface area contributed by atoms with E-state index >= 15 is 0 Å². The summed E-state index contributed by atoms with van der Waals surface area (Å²) in [5.74, 6) is -2.42. The van der Waals surface area contributed by atoms with Crippen LogP contribution in [0.25, 0.3) is 10.8 Å². The zero-order valence-electron chi connectivity index (χ0n) is 16.0. The third kappa shape index (κ3) is 5.16. The number of fused-ring (bicyclic) bond motifs is 1. The maximum Gasteiger partial charge on any atom is 0.254 e. The van der Waals surface area contributed by atoms with Crippen molar-refractivity contribution < 1.29 is 18.4 Å². The number of nitrogens with one attached hydrogen (secondary N) is 2. The summed E-state index contributed by atoms with van der Waals surface area (Å²) < 4.78 is 26.5. The molecule has 29 heavy (non-hydrogen) atoms. The number of hydrogen-bond donors (Lipinski definition) is 2. The van der Waals surface area contributed by atoms with Crippen molar-refractivity contribution in [3.8, 4) is 0 Å². The Morgan fingerprint density at radius 1 is 1.00 bits per heavy atom. The largest absolute Gasteiger partial charge is 0.352 e. The summed E-state index contributed by atoms with van der Waals surface area (Å²) in [6.45, 7) is 2.14. The molecule has 2 N–H and O–H groups in total. The van der Waals surface area contributed by atoms with E-state index in [2.05, 4.69) is 10.6 Å². The first-order chi connectivity index (χ1) is 14.0. The van der Waals surface area contributed by atoms with Gasteiger partial charge in [0.25, 0.3) is 5.91 Å². The van der Waals surface area contributed by atoms with Crippen LogP contribution >= 0.6 is 0 Å². The van der Waals surface area contributed by atoms with E-state index in [-0.39, 0.29) is 30.5 Å². The first-order valence-corrected chi connectivity index (χ1v) is 9.46. The summed E-state index contributed by atoms with van der Waals surface area (Å²) in [6, 6.07) is 16.6. The number of benzene rings is 3. The average Bonchev–Trinajstić information content (AvgIpc) is 2.70. The van der Waals surface area contributed by atoms with Gasteiger partial charge in [0.1, 0.15) is 11.6 Å². The number of carbonyl (C=O) groups is 2. The molecule has 0 aliphatic carbocycles. The van der Waals surface area contributed by atoms with Crippen molar-refractivity contribution in [2.24, 2.45) is 0 Å². The van der Waals surface area contributed by atoms with Crippen LogP contribution in [0.5, 0.6) is 0 Å². The second-order valence-electron chi connectivity index (χ2n) is 6.84. The predicted octanol–water partition coefficient (Wildman–Crippen LogP) is 4.51. The Hall–Kier alpha value is -3.28. The van der Waals surface area contributed by atoms with Gasteiger partial charge in [-0.1, -0.05) is 42.5 Å². The summed E-state index contributed by atoms with van der Waals surface area (Å²) >= 11 is 0. The minimum absolute atomic E-state index is 0.132. The number of rotatable bonds is 7. The van der Waals surface area contributed by atoms with Crippen molar-refractivity contribution in [1.29, 1.82) is 0 Å². The molecule has 6 heteroatoms. The van der Waals surface area contributed by atoms with Crippen molar-refractivity contribution >= 4 is 22.6 Å². The van der Waals surface area contributed by atoms with Gasteiger partial charge in [-0.25, -0.2) is 8.78 Å². The monoisotopic (exact) mass is 396 g/mol. The third-order valence-electron chi connectivity index (χ3n) is 4.71. The second kappa shape index (κ2) is 9.28. The molecule has 0 fully saturated rings. The smallest absolute Gasteiger partial charge is 0.254 e. The summed E-state index contributed by atoms with van der Waals surface area (Å²) in [6.07, 6.45) is 0.629. The molecule has 3 aromatic rings. The van der Waals surface area contributed by atoms with Crippen LogP contribution in [-0.4, -0.2) is 18.4 Å². The molecule has 3 rings (SSSR count). The van der Waals surface area contributed by atoms with E-state index in [1.165, 1.54) is 0 Å². The van der Waals surface area contributed by atoms with Crippen molar-refractivity contribution in [2.45, 2.75) is 25.8 Å². The molecule has 0 aliphatic heterocycles. The highest BCUT2D eigenvalue weighted by molar-refractivity contribution is 5.94. The van der Waals surface area contributed by atoms with Gasteiger partial charge in [-0.3, -0.25) is 9.59 Å². The fourth-order valence-electron chi connectivity index (χ4n) is 3.24. The molecule has 0 heterocycles. The van der Waals surface area contributed by atoms with E-state index in [0.717, 1.165) is 28.5 Å². The highest BCUT2D eigenvalue weighted by atomic mass is 19.1. The molecule has 0 aromatic heterocycles. The van der Waals surface area contributed by atoms with E-state index in [0.29, 0.717) is 12.5 Å².